The van der Waals surface area contributed by atoms with Crippen LogP contribution in [0.5, 0.6) is 11.5 Å². The van der Waals surface area contributed by atoms with Gasteiger partial charge in [-0.15, -0.1) is 0 Å². The molecular weight excluding hydrogens is 434 g/mol. The molecule has 0 spiro atoms. The Morgan fingerprint density at radius 3 is 2.41 bits per heavy atom. The smallest absolute Gasteiger partial charge is 0.419 e. The van der Waals surface area contributed by atoms with E-state index in [0.29, 0.717) is 48.0 Å². The molecule has 4 rings (SSSR count). The third-order valence-corrected chi connectivity index (χ3v) is 5.17. The predicted octanol–water partition coefficient (Wildman–Crippen LogP) is 3.75. The van der Waals surface area contributed by atoms with Gasteiger partial charge in [-0.05, 0) is 50.0 Å². The number of ether oxygens (including phenoxy) is 2. The average molecular weight is 462 g/mol. The average Bonchev–Trinajstić information content (AvgIpc) is 3.15. The number of nitrogens with one attached hydrogen (secondary N) is 1. The first kappa shape index (κ1) is 23.1. The van der Waals surface area contributed by atoms with Crippen molar-refractivity contribution in [3.63, 3.8) is 0 Å². The van der Waals surface area contributed by atoms with Crippen molar-refractivity contribution in [3.8, 4) is 11.5 Å². The molecule has 0 radical (unpaired) electrons. The van der Waals surface area contributed by atoms with Crippen LogP contribution in [-0.4, -0.2) is 42.6 Å². The maximum atomic E-state index is 12.5. The molecule has 176 valence electrons. The minimum atomic E-state index is -0.421. The van der Waals surface area contributed by atoms with Crippen molar-refractivity contribution in [2.45, 2.75) is 13.2 Å². The van der Waals surface area contributed by atoms with Crippen molar-refractivity contribution >= 4 is 22.7 Å². The van der Waals surface area contributed by atoms with E-state index in [-0.39, 0.29) is 12.5 Å². The molecule has 0 bridgehead atoms. The van der Waals surface area contributed by atoms with E-state index in [1.54, 1.807) is 34.9 Å². The van der Waals surface area contributed by atoms with Gasteiger partial charge in [0.15, 0.2) is 23.7 Å². The van der Waals surface area contributed by atoms with Gasteiger partial charge >= 0.3 is 5.76 Å². The number of likely N-dealkylation sites (N-methyl/N-ethyl adjacent to an activating group) is 1. The Balaban J connectivity index is 1.39. The maximum absolute atomic E-state index is 12.5. The van der Waals surface area contributed by atoms with Gasteiger partial charge in [0.05, 0.1) is 5.52 Å². The summed E-state index contributed by atoms with van der Waals surface area (Å²) in [5.41, 5.74) is 2.69. The molecule has 0 aliphatic rings. The van der Waals surface area contributed by atoms with Gasteiger partial charge in [-0.25, -0.2) is 4.79 Å². The maximum Gasteiger partial charge on any atom is 0.419 e. The van der Waals surface area contributed by atoms with Crippen molar-refractivity contribution in [1.82, 2.24) is 9.47 Å². The first-order valence-electron chi connectivity index (χ1n) is 11.0. The number of para-hydroxylation sites is 2. The van der Waals surface area contributed by atoms with Crippen LogP contribution in [0.4, 0.5) is 5.69 Å². The van der Waals surface area contributed by atoms with E-state index in [0.717, 1.165) is 5.56 Å². The monoisotopic (exact) mass is 461 g/mol. The zero-order valence-electron chi connectivity index (χ0n) is 19.2. The van der Waals surface area contributed by atoms with Crippen LogP contribution in [0, 0.1) is 0 Å². The molecule has 1 aromatic heterocycles. The summed E-state index contributed by atoms with van der Waals surface area (Å²) in [5, 5.41) is 2.81. The van der Waals surface area contributed by atoms with Crippen LogP contribution in [0.2, 0.25) is 0 Å². The van der Waals surface area contributed by atoms with Gasteiger partial charge in [-0.3, -0.25) is 9.36 Å². The number of amides is 1. The molecule has 8 heteroatoms. The first-order chi connectivity index (χ1) is 16.5. The van der Waals surface area contributed by atoms with E-state index >= 15 is 0 Å². The molecule has 0 saturated carbocycles. The summed E-state index contributed by atoms with van der Waals surface area (Å²) in [4.78, 5) is 26.7. The van der Waals surface area contributed by atoms with Crippen molar-refractivity contribution < 1.29 is 18.7 Å². The fraction of sp³-hybridized carbons (Fsp3) is 0.231. The second-order valence-electron chi connectivity index (χ2n) is 8.06. The number of rotatable bonds is 10. The van der Waals surface area contributed by atoms with Crippen molar-refractivity contribution in [2.75, 3.05) is 32.6 Å². The number of hydrogen-bond acceptors (Lipinski definition) is 6. The quantitative estimate of drug-likeness (QED) is 0.387. The number of benzene rings is 3. The minimum Gasteiger partial charge on any atom is -0.485 e. The van der Waals surface area contributed by atoms with E-state index in [9.17, 15) is 9.59 Å². The zero-order chi connectivity index (χ0) is 23.9. The van der Waals surface area contributed by atoms with Crippen molar-refractivity contribution in [2.24, 2.45) is 0 Å². The lowest BCUT2D eigenvalue weighted by molar-refractivity contribution is -0.118. The van der Waals surface area contributed by atoms with E-state index in [1.807, 2.05) is 61.5 Å². The van der Waals surface area contributed by atoms with Crippen LogP contribution in [0.15, 0.2) is 82.0 Å². The topological polar surface area (TPSA) is 85.9 Å². The van der Waals surface area contributed by atoms with Crippen molar-refractivity contribution in [1.29, 1.82) is 0 Å². The molecule has 0 unspecified atom stereocenters. The molecule has 0 atom stereocenters. The van der Waals surface area contributed by atoms with Crippen LogP contribution >= 0.6 is 0 Å². The Morgan fingerprint density at radius 1 is 0.971 bits per heavy atom. The lowest BCUT2D eigenvalue weighted by atomic mass is 10.2. The Morgan fingerprint density at radius 2 is 1.68 bits per heavy atom. The molecule has 0 aliphatic heterocycles. The van der Waals surface area contributed by atoms with Crippen LogP contribution in [0.3, 0.4) is 0 Å². The van der Waals surface area contributed by atoms with Gasteiger partial charge in [0.25, 0.3) is 5.91 Å². The predicted molar refractivity (Wildman–Crippen MR) is 130 cm³/mol. The summed E-state index contributed by atoms with van der Waals surface area (Å²) in [6, 6.07) is 22.1. The molecule has 8 nitrogen and oxygen atoms in total. The molecule has 1 heterocycles. The first-order valence-corrected chi connectivity index (χ1v) is 11.0. The van der Waals surface area contributed by atoms with Gasteiger partial charge in [-0.2, -0.15) is 0 Å². The molecule has 0 aliphatic carbocycles. The fourth-order valence-corrected chi connectivity index (χ4v) is 3.42. The van der Waals surface area contributed by atoms with Crippen LogP contribution < -0.4 is 20.5 Å². The van der Waals surface area contributed by atoms with Gasteiger partial charge in [-0.1, -0.05) is 42.5 Å². The highest BCUT2D eigenvalue weighted by atomic mass is 16.5. The van der Waals surface area contributed by atoms with E-state index in [4.69, 9.17) is 13.9 Å². The summed E-state index contributed by atoms with van der Waals surface area (Å²) >= 11 is 0. The largest absolute Gasteiger partial charge is 0.485 e. The summed E-state index contributed by atoms with van der Waals surface area (Å²) < 4.78 is 18.5. The minimum absolute atomic E-state index is 0.192. The molecule has 0 fully saturated rings. The molecule has 4 aromatic rings. The Hall–Kier alpha value is -4.04. The molecule has 1 amide bonds. The van der Waals surface area contributed by atoms with Crippen LogP contribution in [0.25, 0.3) is 11.1 Å². The molecular formula is C26H27N3O5. The zero-order valence-corrected chi connectivity index (χ0v) is 19.2. The molecule has 3 aromatic carbocycles. The third-order valence-electron chi connectivity index (χ3n) is 5.17. The number of oxazole rings is 1. The molecule has 34 heavy (non-hydrogen) atoms. The number of aromatic nitrogens is 1. The second kappa shape index (κ2) is 10.7. The highest BCUT2D eigenvalue weighted by Gasteiger charge is 2.12. The van der Waals surface area contributed by atoms with Gasteiger partial charge < -0.3 is 24.1 Å². The number of hydrogen-bond donors (Lipinski definition) is 1. The normalized spacial score (nSPS) is 11.0. The van der Waals surface area contributed by atoms with Gasteiger partial charge in [0.1, 0.15) is 6.61 Å². The lowest BCUT2D eigenvalue weighted by Gasteiger charge is -2.13. The summed E-state index contributed by atoms with van der Waals surface area (Å²) in [6.45, 7) is 1.38. The summed E-state index contributed by atoms with van der Waals surface area (Å²) in [5.74, 6) is 0.291. The number of nitrogens with zero attached hydrogens (tertiary/aromatic N) is 2. The molecule has 0 saturated heterocycles. The highest BCUT2D eigenvalue weighted by molar-refractivity contribution is 5.93. The van der Waals surface area contributed by atoms with Crippen LogP contribution in [-0.2, 0) is 17.9 Å². The second-order valence-corrected chi connectivity index (χ2v) is 8.06. The van der Waals surface area contributed by atoms with E-state index in [1.165, 1.54) is 0 Å². The summed E-state index contributed by atoms with van der Waals surface area (Å²) in [7, 11) is 3.87. The Kier molecular flexibility index (Phi) is 7.29. The summed E-state index contributed by atoms with van der Waals surface area (Å²) in [6.07, 6.45) is 0. The fourth-order valence-electron chi connectivity index (χ4n) is 3.42. The number of anilines is 1. The SMILES string of the molecule is CN(C)CCn1c(=O)oc2ccc(NC(=O)COc3ccccc3OCc3ccccc3)cc21. The van der Waals surface area contributed by atoms with Gasteiger partial charge in [0, 0.05) is 18.8 Å². The van der Waals surface area contributed by atoms with Crippen molar-refractivity contribution in [3.05, 3.63) is 88.9 Å². The lowest BCUT2D eigenvalue weighted by Crippen LogP contribution is -2.23. The molecule has 1 N–H and O–H groups in total. The van der Waals surface area contributed by atoms with Crippen LogP contribution in [0.1, 0.15) is 5.56 Å². The Labute approximate surface area is 197 Å². The van der Waals surface area contributed by atoms with E-state index in [2.05, 4.69) is 5.32 Å². The van der Waals surface area contributed by atoms with Gasteiger partial charge in [0.2, 0.25) is 0 Å². The third kappa shape index (κ3) is 5.85. The number of fused-ring (bicyclic) bond motifs is 1. The standard InChI is InChI=1S/C26H27N3O5/c1-28(2)14-15-29-21-16-20(12-13-22(21)34-26(29)31)27-25(30)18-33-24-11-7-6-10-23(24)32-17-19-8-4-3-5-9-19/h3-13,16H,14-15,17-18H2,1-2H3,(H,27,30). The highest BCUT2D eigenvalue weighted by Crippen LogP contribution is 2.27. The number of carbonyl (C=O) groups excluding carboxylic acids is 1. The number of carbonyl (C=O) groups is 1. The Bertz CT molecular complexity index is 1310. The van der Waals surface area contributed by atoms with E-state index < -0.39 is 5.76 Å².